The minimum atomic E-state index is 0.262. The minimum absolute atomic E-state index is 0.262. The highest BCUT2D eigenvalue weighted by atomic mass is 16.5. The molecule has 3 rings (SSSR count). The van der Waals surface area contributed by atoms with Gasteiger partial charge in [-0.05, 0) is 38.0 Å². The summed E-state index contributed by atoms with van der Waals surface area (Å²) in [5.41, 5.74) is 0. The largest absolute Gasteiger partial charge is 0.473 e. The Bertz CT molecular complexity index is 477. The van der Waals surface area contributed by atoms with E-state index in [9.17, 15) is 0 Å². The molecule has 0 aromatic carbocycles. The molecule has 1 aliphatic carbocycles. The Morgan fingerprint density at radius 3 is 2.73 bits per heavy atom. The molecule has 1 saturated carbocycles. The lowest BCUT2D eigenvalue weighted by molar-refractivity contribution is 0.0495. The molecule has 0 N–H and O–H groups in total. The zero-order valence-electron chi connectivity index (χ0n) is 13.7. The zero-order chi connectivity index (χ0) is 15.4. The van der Waals surface area contributed by atoms with Crippen LogP contribution in [-0.4, -0.2) is 42.4 Å². The normalized spacial score (nSPS) is 26.9. The van der Waals surface area contributed by atoms with E-state index in [4.69, 9.17) is 9.47 Å². The molecule has 0 bridgehead atoms. The summed E-state index contributed by atoms with van der Waals surface area (Å²) in [6, 6.07) is 0. The van der Waals surface area contributed by atoms with Gasteiger partial charge in [-0.15, -0.1) is 0 Å². The Kier molecular flexibility index (Phi) is 5.13. The predicted molar refractivity (Wildman–Crippen MR) is 86.3 cm³/mol. The lowest BCUT2D eigenvalue weighted by Crippen LogP contribution is -2.44. The lowest BCUT2D eigenvalue weighted by atomic mass is 9.96. The minimum Gasteiger partial charge on any atom is -0.473 e. The van der Waals surface area contributed by atoms with Gasteiger partial charge in [-0.25, -0.2) is 0 Å². The summed E-state index contributed by atoms with van der Waals surface area (Å²) in [4.78, 5) is 11.3. The quantitative estimate of drug-likeness (QED) is 0.855. The van der Waals surface area contributed by atoms with Gasteiger partial charge in [0.25, 0.3) is 0 Å². The van der Waals surface area contributed by atoms with Crippen LogP contribution in [0.1, 0.15) is 45.4 Å². The zero-order valence-corrected chi connectivity index (χ0v) is 13.7. The molecule has 1 aromatic heterocycles. The van der Waals surface area contributed by atoms with Gasteiger partial charge < -0.3 is 14.4 Å². The number of hydrogen-bond donors (Lipinski definition) is 0. The molecule has 1 aliphatic heterocycles. The van der Waals surface area contributed by atoms with E-state index >= 15 is 0 Å². The Balaban J connectivity index is 1.65. The van der Waals surface area contributed by atoms with E-state index in [1.165, 1.54) is 19.3 Å². The van der Waals surface area contributed by atoms with Crippen molar-refractivity contribution in [3.8, 4) is 5.88 Å². The smallest absolute Gasteiger partial charge is 0.234 e. The first-order valence-corrected chi connectivity index (χ1v) is 8.52. The molecule has 0 radical (unpaired) electrons. The molecule has 2 heterocycles. The average Bonchev–Trinajstić information content (AvgIpc) is 2.56. The Hall–Kier alpha value is -1.36. The van der Waals surface area contributed by atoms with Crippen molar-refractivity contribution in [1.82, 2.24) is 9.97 Å². The topological polar surface area (TPSA) is 47.5 Å². The van der Waals surface area contributed by atoms with Crippen molar-refractivity contribution in [2.75, 3.05) is 25.1 Å². The number of hydrogen-bond acceptors (Lipinski definition) is 5. The number of rotatable bonds is 4. The van der Waals surface area contributed by atoms with Crippen LogP contribution in [0.5, 0.6) is 5.88 Å². The molecular formula is C17H27N3O2. The van der Waals surface area contributed by atoms with Crippen molar-refractivity contribution < 1.29 is 9.47 Å². The third-order valence-electron chi connectivity index (χ3n) is 4.96. The van der Waals surface area contributed by atoms with Crippen molar-refractivity contribution in [3.63, 3.8) is 0 Å². The highest BCUT2D eigenvalue weighted by Gasteiger charge is 2.27. The van der Waals surface area contributed by atoms with Gasteiger partial charge in [0.1, 0.15) is 6.10 Å². The van der Waals surface area contributed by atoms with Crippen LogP contribution in [0.15, 0.2) is 12.4 Å². The fraction of sp³-hybridized carbons (Fsp3) is 0.765. The Morgan fingerprint density at radius 2 is 1.95 bits per heavy atom. The first-order valence-electron chi connectivity index (χ1n) is 8.52. The fourth-order valence-electron chi connectivity index (χ4n) is 3.45. The summed E-state index contributed by atoms with van der Waals surface area (Å²) in [7, 11) is 1.79. The molecule has 2 aliphatic rings. The van der Waals surface area contributed by atoms with Gasteiger partial charge in [0.2, 0.25) is 5.88 Å². The number of ether oxygens (including phenoxy) is 2. The lowest BCUT2D eigenvalue weighted by Gasteiger charge is -2.36. The highest BCUT2D eigenvalue weighted by Crippen LogP contribution is 2.26. The first-order chi connectivity index (χ1) is 10.8. The van der Waals surface area contributed by atoms with Crippen LogP contribution < -0.4 is 9.64 Å². The van der Waals surface area contributed by atoms with E-state index in [-0.39, 0.29) is 6.10 Å². The number of nitrogens with zero attached hydrogens (tertiary/aromatic N) is 3. The third-order valence-corrected chi connectivity index (χ3v) is 4.96. The maximum atomic E-state index is 6.03. The summed E-state index contributed by atoms with van der Waals surface area (Å²) < 4.78 is 11.6. The predicted octanol–water partition coefficient (Wildman–Crippen LogP) is 3.05. The average molecular weight is 305 g/mol. The van der Waals surface area contributed by atoms with Crippen molar-refractivity contribution in [1.29, 1.82) is 0 Å². The van der Waals surface area contributed by atoms with Crippen molar-refractivity contribution in [2.24, 2.45) is 5.92 Å². The molecule has 122 valence electrons. The van der Waals surface area contributed by atoms with Gasteiger partial charge in [0.05, 0.1) is 18.5 Å². The number of aromatic nitrogens is 2. The van der Waals surface area contributed by atoms with E-state index in [2.05, 4.69) is 21.8 Å². The molecular weight excluding hydrogens is 278 g/mol. The summed E-state index contributed by atoms with van der Waals surface area (Å²) in [5, 5.41) is 0. The molecule has 5 heteroatoms. The molecule has 22 heavy (non-hydrogen) atoms. The molecule has 2 fully saturated rings. The maximum Gasteiger partial charge on any atom is 0.234 e. The Labute approximate surface area is 133 Å². The van der Waals surface area contributed by atoms with Gasteiger partial charge in [0, 0.05) is 20.2 Å². The Morgan fingerprint density at radius 1 is 1.14 bits per heavy atom. The summed E-state index contributed by atoms with van der Waals surface area (Å²) in [6.07, 6.45) is 11.4. The van der Waals surface area contributed by atoms with Crippen LogP contribution in [0.4, 0.5) is 5.82 Å². The van der Waals surface area contributed by atoms with Crippen molar-refractivity contribution in [3.05, 3.63) is 12.4 Å². The molecule has 5 nitrogen and oxygen atoms in total. The maximum absolute atomic E-state index is 6.03. The summed E-state index contributed by atoms with van der Waals surface area (Å²) >= 11 is 0. The first kappa shape index (κ1) is 15.5. The van der Waals surface area contributed by atoms with Crippen LogP contribution in [0.3, 0.4) is 0 Å². The van der Waals surface area contributed by atoms with E-state index in [0.717, 1.165) is 38.2 Å². The van der Waals surface area contributed by atoms with Gasteiger partial charge in [-0.2, -0.15) is 4.98 Å². The fourth-order valence-corrected chi connectivity index (χ4v) is 3.45. The monoisotopic (exact) mass is 305 g/mol. The van der Waals surface area contributed by atoms with Crippen molar-refractivity contribution in [2.45, 2.75) is 57.7 Å². The summed E-state index contributed by atoms with van der Waals surface area (Å²) in [5.74, 6) is 2.16. The molecule has 2 unspecified atom stereocenters. The van der Waals surface area contributed by atoms with Crippen LogP contribution in [0.2, 0.25) is 0 Å². The van der Waals surface area contributed by atoms with Gasteiger partial charge >= 0.3 is 0 Å². The van der Waals surface area contributed by atoms with Crippen LogP contribution in [0, 0.1) is 5.92 Å². The molecule has 0 spiro atoms. The number of anilines is 1. The molecule has 1 aromatic rings. The van der Waals surface area contributed by atoms with Crippen LogP contribution >= 0.6 is 0 Å². The SMILES string of the molecule is COC1CN(c2cncc(OC3CCCCC3)n2)CCC1C. The number of piperidine rings is 1. The molecule has 2 atom stereocenters. The molecule has 0 amide bonds. The van der Waals surface area contributed by atoms with E-state index < -0.39 is 0 Å². The summed E-state index contributed by atoms with van der Waals surface area (Å²) in [6.45, 7) is 4.13. The second kappa shape index (κ2) is 7.27. The van der Waals surface area contributed by atoms with E-state index in [1.807, 2.05) is 6.20 Å². The van der Waals surface area contributed by atoms with Crippen LogP contribution in [0.25, 0.3) is 0 Å². The molecule has 1 saturated heterocycles. The van der Waals surface area contributed by atoms with Crippen LogP contribution in [-0.2, 0) is 4.74 Å². The van der Waals surface area contributed by atoms with E-state index in [0.29, 0.717) is 17.9 Å². The van der Waals surface area contributed by atoms with Gasteiger partial charge in [0.15, 0.2) is 5.82 Å². The van der Waals surface area contributed by atoms with Crippen molar-refractivity contribution >= 4 is 5.82 Å². The van der Waals surface area contributed by atoms with Gasteiger partial charge in [-0.1, -0.05) is 13.3 Å². The second-order valence-electron chi connectivity index (χ2n) is 6.58. The number of methoxy groups -OCH3 is 1. The third kappa shape index (κ3) is 3.69. The highest BCUT2D eigenvalue weighted by molar-refractivity contribution is 5.38. The standard InChI is InChI=1S/C17H27N3O2/c1-13-8-9-20(12-15(13)21-2)16-10-18-11-17(19-16)22-14-6-4-3-5-7-14/h10-11,13-15H,3-9,12H2,1-2H3. The van der Waals surface area contributed by atoms with E-state index in [1.54, 1.807) is 13.3 Å². The second-order valence-corrected chi connectivity index (χ2v) is 6.58. The van der Waals surface area contributed by atoms with Gasteiger partial charge in [-0.3, -0.25) is 4.98 Å².